The molecule has 3 rings (SSSR count). The van der Waals surface area contributed by atoms with Crippen molar-refractivity contribution in [3.05, 3.63) is 47.4 Å². The molecule has 0 saturated heterocycles. The maximum absolute atomic E-state index is 4.82. The number of thioether (sulfide) groups is 1. The first-order chi connectivity index (χ1) is 10.7. The molecule has 0 amide bonds. The van der Waals surface area contributed by atoms with Crippen molar-refractivity contribution in [2.45, 2.75) is 38.0 Å². The molecule has 2 heterocycles. The summed E-state index contributed by atoms with van der Waals surface area (Å²) in [6, 6.07) is 10.5. The number of nitrogens with zero attached hydrogens (tertiary/aromatic N) is 2. The van der Waals surface area contributed by atoms with Crippen LogP contribution in [-0.2, 0) is 12.8 Å². The number of aryl methyl sites for hydroxylation is 1. The van der Waals surface area contributed by atoms with Crippen molar-refractivity contribution in [2.24, 2.45) is 5.92 Å². The van der Waals surface area contributed by atoms with Gasteiger partial charge in [0.2, 0.25) is 0 Å². The molecule has 3 nitrogen and oxygen atoms in total. The second-order valence-electron chi connectivity index (χ2n) is 6.15. The Hall–Kier alpha value is -1.55. The molecule has 4 heteroatoms. The van der Waals surface area contributed by atoms with Crippen LogP contribution in [0.1, 0.15) is 37.4 Å². The van der Waals surface area contributed by atoms with E-state index in [0.29, 0.717) is 5.92 Å². The average molecular weight is 313 g/mol. The zero-order valence-electron chi connectivity index (χ0n) is 13.3. The van der Waals surface area contributed by atoms with Crippen LogP contribution in [0.4, 0.5) is 5.82 Å². The zero-order chi connectivity index (χ0) is 15.4. The number of hydrogen-bond acceptors (Lipinski definition) is 4. The highest BCUT2D eigenvalue weighted by atomic mass is 32.2. The van der Waals surface area contributed by atoms with Crippen molar-refractivity contribution >= 4 is 17.6 Å². The fourth-order valence-electron chi connectivity index (χ4n) is 2.56. The van der Waals surface area contributed by atoms with Gasteiger partial charge in [-0.2, -0.15) is 0 Å². The molecule has 1 aliphatic heterocycles. The smallest absolute Gasteiger partial charge is 0.143 e. The maximum Gasteiger partial charge on any atom is 0.143 e. The summed E-state index contributed by atoms with van der Waals surface area (Å²) in [4.78, 5) is 10.9. The summed E-state index contributed by atoms with van der Waals surface area (Å²) in [7, 11) is 0. The van der Waals surface area contributed by atoms with E-state index in [2.05, 4.69) is 43.4 Å². The predicted octanol–water partition coefficient (Wildman–Crippen LogP) is 4.17. The number of benzene rings is 1. The van der Waals surface area contributed by atoms with Crippen LogP contribution in [-0.4, -0.2) is 22.3 Å². The van der Waals surface area contributed by atoms with Crippen LogP contribution in [0.15, 0.2) is 35.2 Å². The van der Waals surface area contributed by atoms with Crippen LogP contribution in [0, 0.1) is 5.92 Å². The van der Waals surface area contributed by atoms with E-state index >= 15 is 0 Å². The Kier molecular flexibility index (Phi) is 4.98. The van der Waals surface area contributed by atoms with E-state index in [1.807, 2.05) is 17.8 Å². The normalized spacial score (nSPS) is 14.0. The van der Waals surface area contributed by atoms with E-state index < -0.39 is 0 Å². The van der Waals surface area contributed by atoms with Crippen LogP contribution < -0.4 is 5.32 Å². The largest absolute Gasteiger partial charge is 0.369 e. The molecule has 1 aromatic carbocycles. The standard InChI is InChI=1S/C18H23N3S/c1-13(2)12-19-18-17-15(9-6-10-22-17)20-16(21-18)11-14-7-4-3-5-8-14/h3-5,7-8,13H,6,9-12H2,1-2H3,(H,19,20,21). The van der Waals surface area contributed by atoms with Crippen molar-refractivity contribution in [3.63, 3.8) is 0 Å². The van der Waals surface area contributed by atoms with Gasteiger partial charge in [-0.3, -0.25) is 0 Å². The van der Waals surface area contributed by atoms with Gasteiger partial charge in [-0.15, -0.1) is 11.8 Å². The number of hydrogen-bond donors (Lipinski definition) is 1. The third-order valence-corrected chi connectivity index (χ3v) is 4.88. The second-order valence-corrected chi connectivity index (χ2v) is 7.26. The summed E-state index contributed by atoms with van der Waals surface area (Å²) in [5.74, 6) is 3.75. The summed E-state index contributed by atoms with van der Waals surface area (Å²) >= 11 is 1.89. The zero-order valence-corrected chi connectivity index (χ0v) is 14.1. The van der Waals surface area contributed by atoms with Crippen LogP contribution in [0.5, 0.6) is 0 Å². The summed E-state index contributed by atoms with van der Waals surface area (Å²) < 4.78 is 0. The van der Waals surface area contributed by atoms with Crippen molar-refractivity contribution < 1.29 is 0 Å². The molecule has 0 unspecified atom stereocenters. The molecule has 0 bridgehead atoms. The minimum Gasteiger partial charge on any atom is -0.369 e. The van der Waals surface area contributed by atoms with E-state index in [1.54, 1.807) is 0 Å². The topological polar surface area (TPSA) is 37.8 Å². The summed E-state index contributed by atoms with van der Waals surface area (Å²) in [5.41, 5.74) is 2.49. The highest BCUT2D eigenvalue weighted by Gasteiger charge is 2.18. The van der Waals surface area contributed by atoms with E-state index in [9.17, 15) is 0 Å². The summed E-state index contributed by atoms with van der Waals surface area (Å²) in [6.45, 7) is 5.39. The molecule has 116 valence electrons. The average Bonchev–Trinajstić information content (AvgIpc) is 2.53. The Morgan fingerprint density at radius 3 is 2.77 bits per heavy atom. The van der Waals surface area contributed by atoms with E-state index in [4.69, 9.17) is 9.97 Å². The Morgan fingerprint density at radius 2 is 2.00 bits per heavy atom. The third kappa shape index (κ3) is 3.80. The lowest BCUT2D eigenvalue weighted by molar-refractivity contribution is 0.682. The maximum atomic E-state index is 4.82. The molecule has 0 aliphatic carbocycles. The van der Waals surface area contributed by atoms with Gasteiger partial charge in [0.1, 0.15) is 11.6 Å². The van der Waals surface area contributed by atoms with Gasteiger partial charge in [0.05, 0.1) is 10.6 Å². The Balaban J connectivity index is 1.88. The summed E-state index contributed by atoms with van der Waals surface area (Å²) in [6.07, 6.45) is 3.08. The monoisotopic (exact) mass is 313 g/mol. The molecule has 1 aliphatic rings. The number of fused-ring (bicyclic) bond motifs is 1. The minimum atomic E-state index is 0.608. The SMILES string of the molecule is CC(C)CNc1nc(Cc2ccccc2)nc2c1SCCC2. The first-order valence-electron chi connectivity index (χ1n) is 8.03. The third-order valence-electron chi connectivity index (χ3n) is 3.67. The van der Waals surface area contributed by atoms with Gasteiger partial charge in [-0.25, -0.2) is 9.97 Å². The number of aromatic nitrogens is 2. The molecule has 0 radical (unpaired) electrons. The van der Waals surface area contributed by atoms with Crippen molar-refractivity contribution in [3.8, 4) is 0 Å². The molecular weight excluding hydrogens is 290 g/mol. The van der Waals surface area contributed by atoms with Gasteiger partial charge in [0.15, 0.2) is 0 Å². The molecule has 0 atom stereocenters. The first-order valence-corrected chi connectivity index (χ1v) is 9.01. The number of anilines is 1. The van der Waals surface area contributed by atoms with Gasteiger partial charge in [-0.05, 0) is 30.1 Å². The highest BCUT2D eigenvalue weighted by molar-refractivity contribution is 7.99. The van der Waals surface area contributed by atoms with Gasteiger partial charge in [-0.1, -0.05) is 44.2 Å². The number of nitrogens with one attached hydrogen (secondary N) is 1. The molecule has 2 aromatic rings. The lowest BCUT2D eigenvalue weighted by Gasteiger charge is -2.20. The van der Waals surface area contributed by atoms with Gasteiger partial charge < -0.3 is 5.32 Å². The van der Waals surface area contributed by atoms with Crippen molar-refractivity contribution in [1.29, 1.82) is 0 Å². The van der Waals surface area contributed by atoms with Gasteiger partial charge in [0, 0.05) is 13.0 Å². The molecule has 0 saturated carbocycles. The van der Waals surface area contributed by atoms with Crippen LogP contribution >= 0.6 is 11.8 Å². The quantitative estimate of drug-likeness (QED) is 0.899. The summed E-state index contributed by atoms with van der Waals surface area (Å²) in [5, 5.41) is 3.53. The van der Waals surface area contributed by atoms with E-state index in [-0.39, 0.29) is 0 Å². The number of rotatable bonds is 5. The highest BCUT2D eigenvalue weighted by Crippen LogP contribution is 2.34. The predicted molar refractivity (Wildman–Crippen MR) is 93.7 cm³/mol. The van der Waals surface area contributed by atoms with Gasteiger partial charge >= 0.3 is 0 Å². The Bertz CT molecular complexity index is 626. The molecule has 1 aromatic heterocycles. The Labute approximate surface area is 137 Å². The fourth-order valence-corrected chi connectivity index (χ4v) is 3.62. The van der Waals surface area contributed by atoms with Crippen LogP contribution in [0.3, 0.4) is 0 Å². The van der Waals surface area contributed by atoms with Crippen molar-refractivity contribution in [1.82, 2.24) is 9.97 Å². The molecular formula is C18H23N3S. The lowest BCUT2D eigenvalue weighted by Crippen LogP contribution is -2.15. The molecule has 1 N–H and O–H groups in total. The van der Waals surface area contributed by atoms with Crippen LogP contribution in [0.25, 0.3) is 0 Å². The molecule has 0 spiro atoms. The second kappa shape index (κ2) is 7.14. The molecule has 0 fully saturated rings. The van der Waals surface area contributed by atoms with E-state index in [1.165, 1.54) is 28.3 Å². The molecule has 22 heavy (non-hydrogen) atoms. The van der Waals surface area contributed by atoms with E-state index in [0.717, 1.165) is 31.0 Å². The Morgan fingerprint density at radius 1 is 1.18 bits per heavy atom. The fraction of sp³-hybridized carbons (Fsp3) is 0.444. The first kappa shape index (κ1) is 15.3. The van der Waals surface area contributed by atoms with Crippen molar-refractivity contribution in [2.75, 3.05) is 17.6 Å². The van der Waals surface area contributed by atoms with Gasteiger partial charge in [0.25, 0.3) is 0 Å². The van der Waals surface area contributed by atoms with Crippen LogP contribution in [0.2, 0.25) is 0 Å². The lowest BCUT2D eigenvalue weighted by atomic mass is 10.1. The minimum absolute atomic E-state index is 0.608.